The van der Waals surface area contributed by atoms with Gasteiger partial charge in [0.1, 0.15) is 11.4 Å². The number of fused-ring (bicyclic) bond motifs is 1. The molecule has 0 saturated heterocycles. The molecule has 3 aromatic heterocycles. The Kier molecular flexibility index (Phi) is 6.10. The van der Waals surface area contributed by atoms with Crippen molar-refractivity contribution in [2.24, 2.45) is 0 Å². The Balaban J connectivity index is 1.29. The maximum Gasteiger partial charge on any atom is 0.187 e. The zero-order chi connectivity index (χ0) is 24.5. The average Bonchev–Trinajstić information content (AvgIpc) is 3.64. The van der Waals surface area contributed by atoms with Crippen molar-refractivity contribution < 1.29 is 0 Å². The first-order valence-electron chi connectivity index (χ1n) is 11.1. The second-order valence-corrected chi connectivity index (χ2v) is 9.96. The van der Waals surface area contributed by atoms with Gasteiger partial charge in [-0.05, 0) is 60.7 Å². The minimum absolute atomic E-state index is 0.501. The summed E-state index contributed by atoms with van der Waals surface area (Å²) in [6.45, 7) is 1.00. The summed E-state index contributed by atoms with van der Waals surface area (Å²) in [6, 6.07) is 23.0. The summed E-state index contributed by atoms with van der Waals surface area (Å²) in [5.74, 6) is 0. The third kappa shape index (κ3) is 4.81. The monoisotopic (exact) mass is 532 g/mol. The number of para-hydroxylation sites is 1. The Labute approximate surface area is 220 Å². The Morgan fingerprint density at radius 1 is 0.694 bits per heavy atom. The van der Waals surface area contributed by atoms with E-state index in [0.29, 0.717) is 23.1 Å². The number of anilines is 1. The predicted molar refractivity (Wildman–Crippen MR) is 142 cm³/mol. The lowest BCUT2D eigenvalue weighted by Gasteiger charge is -2.19. The quantitative estimate of drug-likeness (QED) is 0.252. The number of halogens is 2. The number of benzene rings is 3. The zero-order valence-electron chi connectivity index (χ0n) is 18.7. The molecule has 0 aliphatic rings. The van der Waals surface area contributed by atoms with E-state index < -0.39 is 0 Å². The molecule has 6 rings (SSSR count). The van der Waals surface area contributed by atoms with Crippen molar-refractivity contribution in [1.29, 1.82) is 0 Å². The van der Waals surface area contributed by atoms with E-state index in [9.17, 15) is 0 Å². The van der Waals surface area contributed by atoms with Crippen LogP contribution in [0, 0.1) is 0 Å². The Bertz CT molecular complexity index is 1500. The van der Waals surface area contributed by atoms with E-state index in [1.165, 1.54) is 0 Å². The standard InChI is InChI=1S/C25H18Cl2N8S/c26-17-5-9-21(10-6-17)34-15-19(29-31-34)13-33(25-28-23-3-1-2-4-24(23)36-25)14-20-16-35(32-30-20)22-11-7-18(27)8-12-22/h1-12,15-16H,13-14H2. The fraction of sp³-hybridized carbons (Fsp3) is 0.0800. The van der Waals surface area contributed by atoms with E-state index in [1.54, 1.807) is 20.7 Å². The summed E-state index contributed by atoms with van der Waals surface area (Å²) >= 11 is 13.7. The maximum atomic E-state index is 6.02. The van der Waals surface area contributed by atoms with Gasteiger partial charge >= 0.3 is 0 Å². The molecule has 0 radical (unpaired) electrons. The summed E-state index contributed by atoms with van der Waals surface area (Å²) in [7, 11) is 0. The van der Waals surface area contributed by atoms with Crippen LogP contribution in [0.1, 0.15) is 11.4 Å². The Morgan fingerprint density at radius 2 is 1.22 bits per heavy atom. The molecule has 0 amide bonds. The van der Waals surface area contributed by atoms with Crippen molar-refractivity contribution in [3.05, 3.63) is 107 Å². The first-order chi connectivity index (χ1) is 17.6. The Hall–Kier alpha value is -3.79. The average molecular weight is 533 g/mol. The fourth-order valence-corrected chi connectivity index (χ4v) is 4.98. The molecule has 0 aliphatic carbocycles. The van der Waals surface area contributed by atoms with Gasteiger partial charge in [-0.15, -0.1) is 10.2 Å². The summed E-state index contributed by atoms with van der Waals surface area (Å²) in [4.78, 5) is 7.00. The van der Waals surface area contributed by atoms with Gasteiger partial charge in [-0.1, -0.05) is 57.1 Å². The second-order valence-electron chi connectivity index (χ2n) is 8.08. The van der Waals surface area contributed by atoms with Crippen molar-refractivity contribution >= 4 is 49.9 Å². The molecule has 36 heavy (non-hydrogen) atoms. The molecule has 6 aromatic rings. The fourth-order valence-electron chi connectivity index (χ4n) is 3.76. The van der Waals surface area contributed by atoms with E-state index in [1.807, 2.05) is 79.1 Å². The highest BCUT2D eigenvalue weighted by molar-refractivity contribution is 7.22. The van der Waals surface area contributed by atoms with Gasteiger partial charge < -0.3 is 4.90 Å². The summed E-state index contributed by atoms with van der Waals surface area (Å²) < 4.78 is 4.59. The molecular weight excluding hydrogens is 515 g/mol. The minimum Gasteiger partial charge on any atom is -0.336 e. The van der Waals surface area contributed by atoms with Crippen LogP contribution >= 0.6 is 34.5 Å². The lowest BCUT2D eigenvalue weighted by Crippen LogP contribution is -2.22. The van der Waals surface area contributed by atoms with Gasteiger partial charge in [-0.3, -0.25) is 0 Å². The van der Waals surface area contributed by atoms with Crippen LogP contribution in [0.5, 0.6) is 0 Å². The van der Waals surface area contributed by atoms with Crippen LogP contribution < -0.4 is 4.90 Å². The normalized spacial score (nSPS) is 11.3. The summed E-state index contributed by atoms with van der Waals surface area (Å²) in [5, 5.41) is 19.6. The first-order valence-corrected chi connectivity index (χ1v) is 12.6. The molecule has 0 unspecified atom stereocenters. The molecule has 0 fully saturated rings. The van der Waals surface area contributed by atoms with E-state index >= 15 is 0 Å². The van der Waals surface area contributed by atoms with Gasteiger partial charge in [-0.2, -0.15) is 0 Å². The number of hydrogen-bond acceptors (Lipinski definition) is 7. The van der Waals surface area contributed by atoms with Crippen molar-refractivity contribution in [1.82, 2.24) is 35.0 Å². The van der Waals surface area contributed by atoms with Crippen molar-refractivity contribution in [2.45, 2.75) is 13.1 Å². The van der Waals surface area contributed by atoms with Crippen LogP contribution in [0.4, 0.5) is 5.13 Å². The molecule has 11 heteroatoms. The van der Waals surface area contributed by atoms with E-state index in [0.717, 1.165) is 38.1 Å². The lowest BCUT2D eigenvalue weighted by atomic mass is 10.3. The number of aromatic nitrogens is 7. The van der Waals surface area contributed by atoms with Gasteiger partial charge in [0, 0.05) is 10.0 Å². The van der Waals surface area contributed by atoms with Gasteiger partial charge in [0.05, 0.1) is 47.1 Å². The molecule has 8 nitrogen and oxygen atoms in total. The SMILES string of the molecule is Clc1ccc(-n2cc(CN(Cc3cn(-c4ccc(Cl)cc4)nn3)c3nc4ccccc4s3)nn2)cc1. The molecule has 0 aliphatic heterocycles. The van der Waals surface area contributed by atoms with E-state index in [-0.39, 0.29) is 0 Å². The van der Waals surface area contributed by atoms with Crippen molar-refractivity contribution in [3.63, 3.8) is 0 Å². The van der Waals surface area contributed by atoms with E-state index in [4.69, 9.17) is 28.2 Å². The van der Waals surface area contributed by atoms with Gasteiger partial charge in [-0.25, -0.2) is 14.3 Å². The van der Waals surface area contributed by atoms with Gasteiger partial charge in [0.25, 0.3) is 0 Å². The summed E-state index contributed by atoms with van der Waals surface area (Å²) in [5.41, 5.74) is 4.33. The first kappa shape index (κ1) is 22.7. The minimum atomic E-state index is 0.501. The molecule has 0 spiro atoms. The van der Waals surface area contributed by atoms with Crippen LogP contribution in [0.3, 0.4) is 0 Å². The summed E-state index contributed by atoms with van der Waals surface area (Å²) in [6.07, 6.45) is 3.82. The molecule has 3 heterocycles. The molecular formula is C25H18Cl2N8S. The highest BCUT2D eigenvalue weighted by Gasteiger charge is 2.17. The molecule has 0 N–H and O–H groups in total. The van der Waals surface area contributed by atoms with Crippen LogP contribution in [0.15, 0.2) is 85.2 Å². The largest absolute Gasteiger partial charge is 0.336 e. The van der Waals surface area contributed by atoms with Crippen LogP contribution in [0.2, 0.25) is 10.0 Å². The number of hydrogen-bond donors (Lipinski definition) is 0. The highest BCUT2D eigenvalue weighted by Crippen LogP contribution is 2.30. The van der Waals surface area contributed by atoms with Crippen molar-refractivity contribution in [3.8, 4) is 11.4 Å². The Morgan fingerprint density at radius 3 is 1.75 bits per heavy atom. The molecule has 0 atom stereocenters. The number of rotatable bonds is 7. The molecule has 3 aromatic carbocycles. The highest BCUT2D eigenvalue weighted by atomic mass is 35.5. The van der Waals surface area contributed by atoms with Gasteiger partial charge in [0.15, 0.2) is 5.13 Å². The van der Waals surface area contributed by atoms with Crippen LogP contribution in [0.25, 0.3) is 21.6 Å². The number of nitrogens with zero attached hydrogens (tertiary/aromatic N) is 8. The third-order valence-corrected chi connectivity index (χ3v) is 7.12. The van der Waals surface area contributed by atoms with Crippen molar-refractivity contribution in [2.75, 3.05) is 4.90 Å². The van der Waals surface area contributed by atoms with Crippen LogP contribution in [-0.2, 0) is 13.1 Å². The zero-order valence-corrected chi connectivity index (χ0v) is 21.1. The molecule has 0 saturated carbocycles. The smallest absolute Gasteiger partial charge is 0.187 e. The maximum absolute atomic E-state index is 6.02. The van der Waals surface area contributed by atoms with E-state index in [2.05, 4.69) is 31.6 Å². The second kappa shape index (κ2) is 9.69. The van der Waals surface area contributed by atoms with Gasteiger partial charge in [0.2, 0.25) is 0 Å². The number of thiazole rings is 1. The third-order valence-electron chi connectivity index (χ3n) is 5.52. The lowest BCUT2D eigenvalue weighted by molar-refractivity contribution is 0.744. The molecule has 0 bridgehead atoms. The van der Waals surface area contributed by atoms with Crippen LogP contribution in [-0.4, -0.2) is 35.0 Å². The molecule has 178 valence electrons. The predicted octanol–water partition coefficient (Wildman–Crippen LogP) is 5.97. The topological polar surface area (TPSA) is 77.5 Å².